The van der Waals surface area contributed by atoms with Crippen LogP contribution in [0.3, 0.4) is 0 Å². The summed E-state index contributed by atoms with van der Waals surface area (Å²) >= 11 is 0. The summed E-state index contributed by atoms with van der Waals surface area (Å²) in [4.78, 5) is 117. The molecule has 0 heterocycles. The predicted molar refractivity (Wildman–Crippen MR) is 288 cm³/mol. The highest BCUT2D eigenvalue weighted by molar-refractivity contribution is 5.92. The maximum atomic E-state index is 13.2. The summed E-state index contributed by atoms with van der Waals surface area (Å²) in [5, 5.41) is 45.6. The van der Waals surface area contributed by atoms with Crippen LogP contribution in [-0.2, 0) is 46.7 Å². The fraction of sp³-hybridized carbons (Fsp3) is 0.352. The minimum Gasteiger partial charge on any atom is -0.481 e. The van der Waals surface area contributed by atoms with E-state index in [0.717, 1.165) is 48.3 Å². The summed E-state index contributed by atoms with van der Waals surface area (Å²) in [5.74, 6) is -9.75. The lowest BCUT2D eigenvalue weighted by Crippen LogP contribution is -2.47. The molecule has 29 heteroatoms. The molecule has 0 aliphatic rings. The highest BCUT2D eigenvalue weighted by Gasteiger charge is 2.38. The Hall–Kier alpha value is -9.96. The number of guanidine groups is 2. The van der Waals surface area contributed by atoms with Gasteiger partial charge < -0.3 is 67.4 Å². The lowest BCUT2D eigenvalue weighted by Gasteiger charge is -2.27. The van der Waals surface area contributed by atoms with E-state index in [9.17, 15) is 72.0 Å². The second-order valence-electron chi connectivity index (χ2n) is 18.0. The third-order valence-electron chi connectivity index (χ3n) is 11.5. The summed E-state index contributed by atoms with van der Waals surface area (Å²) in [6.45, 7) is -0.705. The van der Waals surface area contributed by atoms with E-state index in [1.807, 2.05) is 0 Å². The van der Waals surface area contributed by atoms with E-state index in [0.29, 0.717) is 48.2 Å². The molecule has 448 valence electrons. The second-order valence-corrected chi connectivity index (χ2v) is 18.0. The fourth-order valence-corrected chi connectivity index (χ4v) is 7.46. The number of carbonyl (C=O) groups is 9. The number of benzene rings is 4. The van der Waals surface area contributed by atoms with E-state index in [2.05, 4.69) is 9.98 Å². The zero-order valence-corrected chi connectivity index (χ0v) is 44.5. The van der Waals surface area contributed by atoms with Crippen molar-refractivity contribution in [1.82, 2.24) is 9.80 Å². The van der Waals surface area contributed by atoms with Gasteiger partial charge in [0.1, 0.15) is 36.8 Å². The molecule has 0 bridgehead atoms. The largest absolute Gasteiger partial charge is 0.490 e. The Labute approximate surface area is 472 Å². The first-order chi connectivity index (χ1) is 39.2. The number of nitrogens with two attached hydrogens (primary N) is 4. The number of nitrogens with zero attached hydrogens (tertiary/aromatic N) is 4. The minimum absolute atomic E-state index is 0.0713. The number of unbranched alkanes of at least 4 members (excludes halogenated alkanes) is 9. The topological polar surface area (TPSA) is 427 Å². The van der Waals surface area contributed by atoms with E-state index in [1.54, 1.807) is 24.3 Å². The van der Waals surface area contributed by atoms with Gasteiger partial charge in [0.25, 0.3) is 0 Å². The van der Waals surface area contributed by atoms with E-state index in [4.69, 9.17) is 51.8 Å². The Morgan fingerprint density at radius 2 is 0.747 bits per heavy atom. The molecule has 4 aromatic rings. The highest BCUT2D eigenvalue weighted by atomic mass is 19.4. The lowest BCUT2D eigenvalue weighted by atomic mass is 10.1. The molecule has 2 amide bonds. The van der Waals surface area contributed by atoms with Gasteiger partial charge >= 0.3 is 60.1 Å². The number of amides is 2. The van der Waals surface area contributed by atoms with Gasteiger partial charge in [0.05, 0.1) is 35.3 Å². The number of rotatable bonds is 31. The first-order valence-corrected chi connectivity index (χ1v) is 25.3. The molecule has 2 unspecified atom stereocenters. The molecular weight excluding hydrogens is 1110 g/mol. The van der Waals surface area contributed by atoms with Crippen molar-refractivity contribution in [3.63, 3.8) is 0 Å². The average Bonchev–Trinajstić information content (AvgIpc) is 3.50. The number of alkyl halides is 3. The van der Waals surface area contributed by atoms with Gasteiger partial charge in [-0.15, -0.1) is 0 Å². The van der Waals surface area contributed by atoms with Gasteiger partial charge in [-0.1, -0.05) is 75.6 Å². The Bertz CT molecular complexity index is 2700. The molecule has 83 heavy (non-hydrogen) atoms. The van der Waals surface area contributed by atoms with Crippen LogP contribution in [0, 0.1) is 0 Å². The van der Waals surface area contributed by atoms with Crippen molar-refractivity contribution in [3.8, 4) is 11.5 Å². The number of hydrogen-bond donors (Lipinski definition) is 9. The van der Waals surface area contributed by atoms with Crippen LogP contribution < -0.4 is 32.4 Å². The third-order valence-corrected chi connectivity index (χ3v) is 11.5. The molecule has 0 fully saturated rings. The number of carboxylic acid groups (broad SMARTS) is 5. The highest BCUT2D eigenvalue weighted by Crippen LogP contribution is 2.22. The molecule has 4 rings (SSSR count). The van der Waals surface area contributed by atoms with Crippen LogP contribution in [-0.4, -0.2) is 133 Å². The summed E-state index contributed by atoms with van der Waals surface area (Å²) in [6.07, 6.45) is -1.99. The zero-order chi connectivity index (χ0) is 61.6. The van der Waals surface area contributed by atoms with Crippen molar-refractivity contribution in [2.24, 2.45) is 32.9 Å². The van der Waals surface area contributed by atoms with Gasteiger partial charge in [0, 0.05) is 13.1 Å². The van der Waals surface area contributed by atoms with Gasteiger partial charge in [-0.25, -0.2) is 43.5 Å². The van der Waals surface area contributed by atoms with Crippen molar-refractivity contribution in [2.45, 2.75) is 109 Å². The molecule has 0 saturated carbocycles. The standard InChI is InChI=1S/C52H62N8O16.C2HF3O2/c53-49(54)57-37-19-15-35(16-20-37)47(69)75-39-23-11-33(12-24-39)31-73-51(71)59(41(45(65)66)29-43(61)62)27-9-7-5-3-1-2-4-6-8-10-28-60(42(46(67)68)30-44(63)64)52(72)74-32-34-13-25-40(26-14-34)76-48(70)36-17-21-38(22-18-36)58-50(55)56;3-2(4,5)1(6)7/h11-26,41-42H,1-10,27-32H2,(H,61,62)(H,63,64)(H,65,66)(H,67,68)(H4,53,54,57)(H4,55,56,58);(H,6,7). The first-order valence-electron chi connectivity index (χ1n) is 25.3. The monoisotopic (exact) mass is 1170 g/mol. The molecule has 13 N–H and O–H groups in total. The Morgan fingerprint density at radius 1 is 0.458 bits per heavy atom. The number of aliphatic imine (C=N–C) groups is 2. The lowest BCUT2D eigenvalue weighted by molar-refractivity contribution is -0.192. The second kappa shape index (κ2) is 34.2. The number of aliphatic carboxylic acids is 5. The molecule has 0 aliphatic heterocycles. The van der Waals surface area contributed by atoms with Crippen LogP contribution in [0.4, 0.5) is 34.1 Å². The predicted octanol–water partition coefficient (Wildman–Crippen LogP) is 6.90. The molecule has 4 aromatic carbocycles. The maximum absolute atomic E-state index is 13.2. The number of carbonyl (C=O) groups excluding carboxylic acids is 4. The fourth-order valence-electron chi connectivity index (χ4n) is 7.46. The van der Waals surface area contributed by atoms with Gasteiger partial charge in [0.15, 0.2) is 11.9 Å². The summed E-state index contributed by atoms with van der Waals surface area (Å²) < 4.78 is 53.3. The number of hydrogen-bond acceptors (Lipinski definition) is 15. The SMILES string of the molecule is NC(N)=Nc1ccc(C(=O)Oc2ccc(COC(=O)N(CCCCCCCCCCCCN(C(=O)OCc3ccc(OC(=O)c4ccc(N=C(N)N)cc4)cc3)C(CC(=O)O)C(=O)O)C(CC(=O)O)C(=O)O)cc2)cc1.O=C(O)C(F)(F)F. The number of carboxylic acids is 5. The van der Waals surface area contributed by atoms with Crippen LogP contribution in [0.25, 0.3) is 0 Å². The molecule has 0 radical (unpaired) electrons. The van der Waals surface area contributed by atoms with Gasteiger partial charge in [-0.05, 0) is 96.8 Å². The van der Waals surface area contributed by atoms with E-state index < -0.39 is 85.1 Å². The molecule has 0 aliphatic carbocycles. The van der Waals surface area contributed by atoms with Crippen molar-refractivity contribution in [3.05, 3.63) is 119 Å². The summed E-state index contributed by atoms with van der Waals surface area (Å²) in [7, 11) is 0. The summed E-state index contributed by atoms with van der Waals surface area (Å²) in [5.41, 5.74) is 23.8. The van der Waals surface area contributed by atoms with E-state index in [-0.39, 0.29) is 60.8 Å². The van der Waals surface area contributed by atoms with Gasteiger partial charge in [-0.2, -0.15) is 13.2 Å². The Kier molecular flexibility index (Phi) is 27.8. The van der Waals surface area contributed by atoms with Crippen molar-refractivity contribution >= 4 is 77.3 Å². The number of ether oxygens (including phenoxy) is 4. The van der Waals surface area contributed by atoms with Crippen LogP contribution in [0.15, 0.2) is 107 Å². The van der Waals surface area contributed by atoms with E-state index in [1.165, 1.54) is 72.8 Å². The summed E-state index contributed by atoms with van der Waals surface area (Å²) in [6, 6.07) is 20.8. The molecule has 0 saturated heterocycles. The average molecular weight is 1170 g/mol. The number of halogens is 3. The van der Waals surface area contributed by atoms with Crippen LogP contribution in [0.2, 0.25) is 0 Å². The van der Waals surface area contributed by atoms with Crippen molar-refractivity contribution < 1.29 is 101 Å². The Balaban J connectivity index is 0.00000241. The van der Waals surface area contributed by atoms with Crippen LogP contribution >= 0.6 is 0 Å². The third kappa shape index (κ3) is 25.8. The minimum atomic E-state index is -5.08. The molecule has 0 spiro atoms. The Morgan fingerprint density at radius 3 is 1.00 bits per heavy atom. The molecular formula is C54H63F3N8O18. The van der Waals surface area contributed by atoms with Crippen LogP contribution in [0.5, 0.6) is 11.5 Å². The number of esters is 2. The first kappa shape index (κ1) is 67.3. The molecule has 2 atom stereocenters. The van der Waals surface area contributed by atoms with Crippen molar-refractivity contribution in [1.29, 1.82) is 0 Å². The molecule has 26 nitrogen and oxygen atoms in total. The quantitative estimate of drug-likeness (QED) is 0.00813. The molecule has 0 aromatic heterocycles. The zero-order valence-electron chi connectivity index (χ0n) is 44.5. The maximum Gasteiger partial charge on any atom is 0.490 e. The van der Waals surface area contributed by atoms with Gasteiger partial charge in [0.2, 0.25) is 0 Å². The van der Waals surface area contributed by atoms with E-state index >= 15 is 0 Å². The normalized spacial score (nSPS) is 11.4. The van der Waals surface area contributed by atoms with Crippen molar-refractivity contribution in [2.75, 3.05) is 13.1 Å². The van der Waals surface area contributed by atoms with Gasteiger partial charge in [-0.3, -0.25) is 19.4 Å². The van der Waals surface area contributed by atoms with Crippen LogP contribution in [0.1, 0.15) is 109 Å². The smallest absolute Gasteiger partial charge is 0.481 e.